The standard InChI is InChI=1S/C22H24ClN3OS/c1-22(2,3)13-4-9-17-12(10-13)11-16-18(24)19(28-21(16)26-17)20(27)25-15-7-5-14(23)6-8-15/h5-8,11,13H,4,9-10,24H2,1-3H3,(H,25,27). The van der Waals surface area contributed by atoms with Gasteiger partial charge in [-0.05, 0) is 66.5 Å². The molecule has 0 saturated carbocycles. The number of aromatic nitrogens is 1. The fourth-order valence-corrected chi connectivity index (χ4v) is 4.94. The van der Waals surface area contributed by atoms with Gasteiger partial charge in [0.05, 0.1) is 5.69 Å². The molecule has 4 nitrogen and oxygen atoms in total. The number of anilines is 2. The summed E-state index contributed by atoms with van der Waals surface area (Å²) in [7, 11) is 0. The molecule has 1 aliphatic carbocycles. The zero-order chi connectivity index (χ0) is 20.1. The highest BCUT2D eigenvalue weighted by Crippen LogP contribution is 2.40. The van der Waals surface area contributed by atoms with E-state index in [1.165, 1.54) is 16.9 Å². The number of rotatable bonds is 2. The maximum Gasteiger partial charge on any atom is 0.267 e. The molecule has 3 aromatic rings. The van der Waals surface area contributed by atoms with Crippen LogP contribution in [0.4, 0.5) is 11.4 Å². The van der Waals surface area contributed by atoms with Crippen LogP contribution in [0.3, 0.4) is 0 Å². The van der Waals surface area contributed by atoms with E-state index < -0.39 is 0 Å². The van der Waals surface area contributed by atoms with Crippen LogP contribution in [-0.2, 0) is 12.8 Å². The molecule has 28 heavy (non-hydrogen) atoms. The molecule has 0 saturated heterocycles. The number of halogens is 1. The van der Waals surface area contributed by atoms with Crippen LogP contribution in [0.15, 0.2) is 30.3 Å². The first-order valence-electron chi connectivity index (χ1n) is 9.50. The summed E-state index contributed by atoms with van der Waals surface area (Å²) >= 11 is 7.26. The Bertz CT molecular complexity index is 1050. The van der Waals surface area contributed by atoms with Gasteiger partial charge < -0.3 is 11.1 Å². The molecule has 1 amide bonds. The van der Waals surface area contributed by atoms with Crippen LogP contribution in [0.25, 0.3) is 10.2 Å². The van der Waals surface area contributed by atoms with Crippen molar-refractivity contribution in [3.8, 4) is 0 Å². The summed E-state index contributed by atoms with van der Waals surface area (Å²) in [6, 6.07) is 9.18. The second-order valence-corrected chi connectivity index (χ2v) is 9.99. The molecule has 0 radical (unpaired) electrons. The van der Waals surface area contributed by atoms with Gasteiger partial charge in [-0.15, -0.1) is 11.3 Å². The number of nitrogens with one attached hydrogen (secondary N) is 1. The lowest BCUT2D eigenvalue weighted by Gasteiger charge is -2.34. The van der Waals surface area contributed by atoms with E-state index in [9.17, 15) is 4.79 Å². The van der Waals surface area contributed by atoms with Gasteiger partial charge in [0.25, 0.3) is 5.91 Å². The number of nitrogen functional groups attached to an aromatic ring is 1. The molecule has 0 aliphatic heterocycles. The van der Waals surface area contributed by atoms with Crippen molar-refractivity contribution >= 4 is 50.4 Å². The van der Waals surface area contributed by atoms with Crippen LogP contribution in [0, 0.1) is 11.3 Å². The Balaban J connectivity index is 1.65. The van der Waals surface area contributed by atoms with Crippen LogP contribution in [-0.4, -0.2) is 10.9 Å². The second kappa shape index (κ2) is 7.05. The number of hydrogen-bond acceptors (Lipinski definition) is 4. The number of hydrogen-bond donors (Lipinski definition) is 2. The highest BCUT2D eigenvalue weighted by molar-refractivity contribution is 7.21. The van der Waals surface area contributed by atoms with E-state index in [0.717, 1.165) is 35.2 Å². The van der Waals surface area contributed by atoms with Gasteiger partial charge >= 0.3 is 0 Å². The quantitative estimate of drug-likeness (QED) is 0.546. The topological polar surface area (TPSA) is 68.0 Å². The number of thiophene rings is 1. The van der Waals surface area contributed by atoms with Gasteiger partial charge in [-0.2, -0.15) is 0 Å². The Morgan fingerprint density at radius 1 is 1.29 bits per heavy atom. The highest BCUT2D eigenvalue weighted by atomic mass is 35.5. The number of carbonyl (C=O) groups is 1. The van der Waals surface area contributed by atoms with E-state index in [-0.39, 0.29) is 11.3 Å². The van der Waals surface area contributed by atoms with Gasteiger partial charge in [0.1, 0.15) is 9.71 Å². The Hall–Kier alpha value is -2.11. The predicted octanol–water partition coefficient (Wildman–Crippen LogP) is 5.94. The fourth-order valence-electron chi connectivity index (χ4n) is 3.82. The Kier molecular flexibility index (Phi) is 4.84. The fraction of sp³-hybridized carbons (Fsp3) is 0.364. The number of nitrogens with two attached hydrogens (primary N) is 1. The third-order valence-electron chi connectivity index (χ3n) is 5.62. The van der Waals surface area contributed by atoms with Crippen LogP contribution in [0.5, 0.6) is 0 Å². The SMILES string of the molecule is CC(C)(C)C1CCc2nc3sc(C(=O)Nc4ccc(Cl)cc4)c(N)c3cc2C1. The average Bonchev–Trinajstić information content (AvgIpc) is 2.96. The van der Waals surface area contributed by atoms with Crippen LogP contribution in [0.1, 0.15) is 48.1 Å². The van der Waals surface area contributed by atoms with E-state index in [0.29, 0.717) is 27.2 Å². The van der Waals surface area contributed by atoms with Crippen molar-refractivity contribution in [2.45, 2.75) is 40.0 Å². The minimum Gasteiger partial charge on any atom is -0.397 e. The van der Waals surface area contributed by atoms with E-state index in [1.807, 2.05) is 0 Å². The molecule has 146 valence electrons. The summed E-state index contributed by atoms with van der Waals surface area (Å²) in [6.07, 6.45) is 3.15. The van der Waals surface area contributed by atoms with Crippen molar-refractivity contribution in [2.24, 2.45) is 11.3 Å². The molecule has 2 aromatic heterocycles. The summed E-state index contributed by atoms with van der Waals surface area (Å²) in [5.74, 6) is 0.417. The van der Waals surface area contributed by atoms with Gasteiger partial charge in [-0.25, -0.2) is 4.98 Å². The molecule has 2 heterocycles. The molecule has 0 bridgehead atoms. The van der Waals surface area contributed by atoms with Crippen molar-refractivity contribution in [1.82, 2.24) is 4.98 Å². The molecule has 1 unspecified atom stereocenters. The van der Waals surface area contributed by atoms with Crippen LogP contribution in [0.2, 0.25) is 5.02 Å². The molecule has 6 heteroatoms. The number of aryl methyl sites for hydroxylation is 1. The molecular weight excluding hydrogens is 390 g/mol. The first-order valence-corrected chi connectivity index (χ1v) is 10.7. The highest BCUT2D eigenvalue weighted by Gasteiger charge is 2.30. The molecular formula is C22H24ClN3OS. The van der Waals surface area contributed by atoms with E-state index in [2.05, 4.69) is 32.2 Å². The van der Waals surface area contributed by atoms with Crippen molar-refractivity contribution in [1.29, 1.82) is 0 Å². The van der Waals surface area contributed by atoms with Gasteiger partial charge in [-0.3, -0.25) is 4.79 Å². The molecule has 3 N–H and O–H groups in total. The van der Waals surface area contributed by atoms with Crippen molar-refractivity contribution in [2.75, 3.05) is 11.1 Å². The number of nitrogens with zero attached hydrogens (tertiary/aromatic N) is 1. The maximum atomic E-state index is 12.8. The smallest absolute Gasteiger partial charge is 0.267 e. The number of amides is 1. The van der Waals surface area contributed by atoms with Gasteiger partial charge in [-0.1, -0.05) is 32.4 Å². The van der Waals surface area contributed by atoms with E-state index in [1.54, 1.807) is 24.3 Å². The van der Waals surface area contributed by atoms with Crippen LogP contribution >= 0.6 is 22.9 Å². The van der Waals surface area contributed by atoms with E-state index >= 15 is 0 Å². The van der Waals surface area contributed by atoms with Gasteiger partial charge in [0, 0.05) is 21.8 Å². The molecule has 1 atom stereocenters. The van der Waals surface area contributed by atoms with Crippen molar-refractivity contribution in [3.05, 3.63) is 51.5 Å². The third kappa shape index (κ3) is 3.61. The molecule has 1 aliphatic rings. The summed E-state index contributed by atoms with van der Waals surface area (Å²) < 4.78 is 0. The average molecular weight is 414 g/mol. The zero-order valence-electron chi connectivity index (χ0n) is 16.3. The second-order valence-electron chi connectivity index (χ2n) is 8.56. The molecule has 4 rings (SSSR count). The van der Waals surface area contributed by atoms with Crippen molar-refractivity contribution < 1.29 is 4.79 Å². The van der Waals surface area contributed by atoms with E-state index in [4.69, 9.17) is 22.3 Å². The minimum atomic E-state index is -0.214. The number of pyridine rings is 1. The summed E-state index contributed by atoms with van der Waals surface area (Å²) in [5.41, 5.74) is 10.3. The Morgan fingerprint density at radius 3 is 2.68 bits per heavy atom. The predicted molar refractivity (Wildman–Crippen MR) is 118 cm³/mol. The monoisotopic (exact) mass is 413 g/mol. The Labute approximate surface area is 174 Å². The first kappa shape index (κ1) is 19.2. The normalized spacial score (nSPS) is 16.8. The van der Waals surface area contributed by atoms with Crippen molar-refractivity contribution in [3.63, 3.8) is 0 Å². The lowest BCUT2D eigenvalue weighted by molar-refractivity contribution is 0.103. The minimum absolute atomic E-state index is 0.214. The molecule has 0 fully saturated rings. The van der Waals surface area contributed by atoms with Gasteiger partial charge in [0.15, 0.2) is 0 Å². The number of carbonyl (C=O) groups excluding carboxylic acids is 1. The third-order valence-corrected chi connectivity index (χ3v) is 6.98. The molecule has 1 aromatic carbocycles. The first-order chi connectivity index (χ1) is 13.2. The molecule has 0 spiro atoms. The van der Waals surface area contributed by atoms with Gasteiger partial charge in [0.2, 0.25) is 0 Å². The Morgan fingerprint density at radius 2 is 2.00 bits per heavy atom. The van der Waals surface area contributed by atoms with Crippen LogP contribution < -0.4 is 11.1 Å². The summed E-state index contributed by atoms with van der Waals surface area (Å²) in [4.78, 5) is 19.0. The lowest BCUT2D eigenvalue weighted by atomic mass is 9.71. The summed E-state index contributed by atoms with van der Waals surface area (Å²) in [6.45, 7) is 6.90. The number of benzene rings is 1. The zero-order valence-corrected chi connectivity index (χ0v) is 17.9. The lowest BCUT2D eigenvalue weighted by Crippen LogP contribution is -2.27. The largest absolute Gasteiger partial charge is 0.397 e. The number of fused-ring (bicyclic) bond motifs is 2. The summed E-state index contributed by atoms with van der Waals surface area (Å²) in [5, 5.41) is 4.40. The maximum absolute atomic E-state index is 12.8.